The largest absolute Gasteiger partial charge is 0.130 e. The number of hydrogen-bond donors (Lipinski definition) is 0. The summed E-state index contributed by atoms with van der Waals surface area (Å²) < 4.78 is 0. The smallest absolute Gasteiger partial charge is 0.0963 e. The molecule has 0 aliphatic rings. The Balaban J connectivity index is 5.17. The van der Waals surface area contributed by atoms with Gasteiger partial charge < -0.3 is 0 Å². The second-order valence-electron chi connectivity index (χ2n) is 5.85. The van der Waals surface area contributed by atoms with E-state index in [4.69, 9.17) is 23.2 Å². The minimum Gasteiger partial charge on any atom is -0.130 e. The van der Waals surface area contributed by atoms with Crippen molar-refractivity contribution < 1.29 is 0 Å². The SMILES string of the molecule is CC(C)(C)[Si](CCl)(CCl)C(C)(C)C. The van der Waals surface area contributed by atoms with Gasteiger partial charge in [0.25, 0.3) is 0 Å². The van der Waals surface area contributed by atoms with Crippen molar-refractivity contribution in [3.05, 3.63) is 0 Å². The number of halogens is 2. The van der Waals surface area contributed by atoms with Gasteiger partial charge in [-0.05, 0) is 10.1 Å². The Hall–Kier alpha value is 0.797. The van der Waals surface area contributed by atoms with Crippen LogP contribution in [0.3, 0.4) is 0 Å². The molecule has 0 N–H and O–H groups in total. The minimum atomic E-state index is -1.62. The predicted molar refractivity (Wildman–Crippen MR) is 66.6 cm³/mol. The molecule has 0 saturated carbocycles. The first kappa shape index (κ1) is 13.8. The highest BCUT2D eigenvalue weighted by Gasteiger charge is 2.51. The Kier molecular flexibility index (Phi) is 4.37. The lowest BCUT2D eigenvalue weighted by molar-refractivity contribution is 0.618. The van der Waals surface area contributed by atoms with Crippen LogP contribution in [0, 0.1) is 0 Å². The van der Waals surface area contributed by atoms with Crippen LogP contribution >= 0.6 is 23.2 Å². The van der Waals surface area contributed by atoms with Crippen LogP contribution < -0.4 is 0 Å². The van der Waals surface area contributed by atoms with Gasteiger partial charge >= 0.3 is 0 Å². The summed E-state index contributed by atoms with van der Waals surface area (Å²) in [5.74, 6) is 0. The topological polar surface area (TPSA) is 0 Å². The van der Waals surface area contributed by atoms with Crippen molar-refractivity contribution in [1.82, 2.24) is 0 Å². The zero-order valence-electron chi connectivity index (χ0n) is 9.67. The molecule has 0 radical (unpaired) electrons. The lowest BCUT2D eigenvalue weighted by Crippen LogP contribution is -2.56. The van der Waals surface area contributed by atoms with Crippen molar-refractivity contribution in [2.24, 2.45) is 0 Å². The van der Waals surface area contributed by atoms with Crippen molar-refractivity contribution in [2.75, 3.05) is 11.0 Å². The van der Waals surface area contributed by atoms with Gasteiger partial charge in [-0.3, -0.25) is 0 Å². The van der Waals surface area contributed by atoms with Gasteiger partial charge in [0.2, 0.25) is 0 Å². The summed E-state index contributed by atoms with van der Waals surface area (Å²) >= 11 is 12.3. The normalized spacial score (nSPS) is 14.8. The van der Waals surface area contributed by atoms with Crippen LogP contribution in [0.2, 0.25) is 10.1 Å². The molecule has 0 spiro atoms. The molecular formula is C10H22Cl2Si. The van der Waals surface area contributed by atoms with E-state index in [2.05, 4.69) is 41.5 Å². The van der Waals surface area contributed by atoms with Crippen LogP contribution in [0.4, 0.5) is 0 Å². The average molecular weight is 241 g/mol. The molecule has 80 valence electrons. The Morgan fingerprint density at radius 1 is 0.769 bits per heavy atom. The quantitative estimate of drug-likeness (QED) is 0.490. The van der Waals surface area contributed by atoms with Gasteiger partial charge in [0.15, 0.2) is 0 Å². The van der Waals surface area contributed by atoms with E-state index < -0.39 is 8.07 Å². The monoisotopic (exact) mass is 240 g/mol. The Bertz CT molecular complexity index is 145. The molecule has 0 aromatic carbocycles. The highest BCUT2D eigenvalue weighted by atomic mass is 35.5. The Labute approximate surface area is 94.0 Å². The molecule has 0 aliphatic carbocycles. The van der Waals surface area contributed by atoms with E-state index in [0.29, 0.717) is 0 Å². The van der Waals surface area contributed by atoms with Crippen molar-refractivity contribution in [1.29, 1.82) is 0 Å². The summed E-state index contributed by atoms with van der Waals surface area (Å²) in [5, 5.41) is 0.545. The predicted octanol–water partition coefficient (Wildman–Crippen LogP) is 4.59. The molecule has 0 aromatic heterocycles. The molecule has 0 atom stereocenters. The Morgan fingerprint density at radius 3 is 1.00 bits per heavy atom. The summed E-state index contributed by atoms with van der Waals surface area (Å²) in [7, 11) is -1.62. The number of hydrogen-bond acceptors (Lipinski definition) is 0. The van der Waals surface area contributed by atoms with Crippen LogP contribution in [0.1, 0.15) is 41.5 Å². The van der Waals surface area contributed by atoms with Gasteiger partial charge in [-0.1, -0.05) is 41.5 Å². The molecule has 3 heteroatoms. The molecule has 0 aliphatic heterocycles. The van der Waals surface area contributed by atoms with Gasteiger partial charge in [0.1, 0.15) is 0 Å². The van der Waals surface area contributed by atoms with Crippen molar-refractivity contribution >= 4 is 31.3 Å². The van der Waals surface area contributed by atoms with Gasteiger partial charge in [-0.25, -0.2) is 0 Å². The van der Waals surface area contributed by atoms with E-state index in [1.165, 1.54) is 0 Å². The van der Waals surface area contributed by atoms with E-state index >= 15 is 0 Å². The second-order valence-corrected chi connectivity index (χ2v) is 13.2. The number of alkyl halides is 2. The van der Waals surface area contributed by atoms with E-state index in [9.17, 15) is 0 Å². The zero-order chi connectivity index (χ0) is 10.9. The summed E-state index contributed by atoms with van der Waals surface area (Å²) in [6.45, 7) is 13.6. The van der Waals surface area contributed by atoms with Crippen molar-refractivity contribution in [2.45, 2.75) is 51.6 Å². The minimum absolute atomic E-state index is 0.273. The molecule has 0 aromatic rings. The third-order valence-electron chi connectivity index (χ3n) is 3.33. The number of rotatable bonds is 2. The summed E-state index contributed by atoms with van der Waals surface area (Å²) in [4.78, 5) is 0. The third-order valence-corrected chi connectivity index (χ3v) is 12.7. The lowest BCUT2D eigenvalue weighted by atomic mass is 10.2. The molecule has 0 bridgehead atoms. The molecule has 0 heterocycles. The average Bonchev–Trinajstić information content (AvgIpc) is 1.84. The fourth-order valence-electron chi connectivity index (χ4n) is 1.96. The maximum Gasteiger partial charge on any atom is 0.0963 e. The fourth-order valence-corrected chi connectivity index (χ4v) is 11.6. The molecule has 0 rings (SSSR count). The van der Waals surface area contributed by atoms with Crippen LogP contribution in [-0.4, -0.2) is 19.1 Å². The van der Waals surface area contributed by atoms with E-state index in [1.54, 1.807) is 0 Å². The van der Waals surface area contributed by atoms with Crippen molar-refractivity contribution in [3.8, 4) is 0 Å². The van der Waals surface area contributed by atoms with Crippen LogP contribution in [-0.2, 0) is 0 Å². The summed E-state index contributed by atoms with van der Waals surface area (Å²) in [5.41, 5.74) is 1.51. The lowest BCUT2D eigenvalue weighted by Gasteiger charge is -2.49. The first-order valence-corrected chi connectivity index (χ1v) is 8.22. The van der Waals surface area contributed by atoms with E-state index in [1.807, 2.05) is 0 Å². The Morgan fingerprint density at radius 2 is 1.00 bits per heavy atom. The molecule has 0 amide bonds. The van der Waals surface area contributed by atoms with E-state index in [0.717, 1.165) is 11.0 Å². The maximum absolute atomic E-state index is 6.17. The highest BCUT2D eigenvalue weighted by molar-refractivity contribution is 6.93. The highest BCUT2D eigenvalue weighted by Crippen LogP contribution is 2.51. The first-order chi connectivity index (χ1) is 5.62. The molecule has 13 heavy (non-hydrogen) atoms. The van der Waals surface area contributed by atoms with Gasteiger partial charge in [0.05, 0.1) is 8.07 Å². The third kappa shape index (κ3) is 2.43. The van der Waals surface area contributed by atoms with E-state index in [-0.39, 0.29) is 10.1 Å². The molecule has 0 saturated heterocycles. The van der Waals surface area contributed by atoms with Gasteiger partial charge in [-0.2, -0.15) is 0 Å². The van der Waals surface area contributed by atoms with Gasteiger partial charge in [-0.15, -0.1) is 23.2 Å². The second kappa shape index (κ2) is 4.12. The summed E-state index contributed by atoms with van der Waals surface area (Å²) in [6, 6.07) is 0. The zero-order valence-corrected chi connectivity index (χ0v) is 12.2. The fraction of sp³-hybridized carbons (Fsp3) is 1.00. The first-order valence-electron chi connectivity index (χ1n) is 4.74. The molecule has 0 fully saturated rings. The van der Waals surface area contributed by atoms with Crippen LogP contribution in [0.25, 0.3) is 0 Å². The van der Waals surface area contributed by atoms with Crippen LogP contribution in [0.5, 0.6) is 0 Å². The van der Waals surface area contributed by atoms with Crippen LogP contribution in [0.15, 0.2) is 0 Å². The maximum atomic E-state index is 6.17. The van der Waals surface area contributed by atoms with Crippen molar-refractivity contribution in [3.63, 3.8) is 0 Å². The molecular weight excluding hydrogens is 219 g/mol. The molecule has 0 unspecified atom stereocenters. The summed E-state index contributed by atoms with van der Waals surface area (Å²) in [6.07, 6.45) is 0. The van der Waals surface area contributed by atoms with Gasteiger partial charge in [0, 0.05) is 11.0 Å². The standard InChI is InChI=1S/C10H22Cl2Si/c1-9(2,3)13(7-11,8-12)10(4,5)6/h7-8H2,1-6H3. The molecule has 0 nitrogen and oxygen atoms in total.